The normalized spacial score (nSPS) is 12.5. The van der Waals surface area contributed by atoms with Crippen molar-refractivity contribution in [2.75, 3.05) is 27.4 Å². The Hall–Kier alpha value is -1.40. The van der Waals surface area contributed by atoms with Gasteiger partial charge in [-0.15, -0.1) is 0 Å². The molecular formula is C13H19F2NO3. The van der Waals surface area contributed by atoms with E-state index < -0.39 is 13.0 Å². The molecule has 0 aliphatic rings. The molecule has 0 bridgehead atoms. The molecule has 1 rings (SSSR count). The topological polar surface area (TPSA) is 53.7 Å². The van der Waals surface area contributed by atoms with Crippen molar-refractivity contribution in [1.29, 1.82) is 0 Å². The third-order valence-corrected chi connectivity index (χ3v) is 2.65. The lowest BCUT2D eigenvalue weighted by atomic mass is 10.0. The van der Waals surface area contributed by atoms with Crippen molar-refractivity contribution in [2.45, 2.75) is 18.9 Å². The van der Waals surface area contributed by atoms with Crippen LogP contribution in [0.25, 0.3) is 0 Å². The zero-order valence-electron chi connectivity index (χ0n) is 11.1. The maximum absolute atomic E-state index is 11.9. The lowest BCUT2D eigenvalue weighted by molar-refractivity contribution is 0.0152. The van der Waals surface area contributed by atoms with Gasteiger partial charge < -0.3 is 19.9 Å². The molecule has 0 heterocycles. The highest BCUT2D eigenvalue weighted by Crippen LogP contribution is 2.29. The van der Waals surface area contributed by atoms with Crippen molar-refractivity contribution >= 4 is 0 Å². The Morgan fingerprint density at radius 3 is 2.53 bits per heavy atom. The van der Waals surface area contributed by atoms with Gasteiger partial charge in [-0.3, -0.25) is 0 Å². The van der Waals surface area contributed by atoms with E-state index in [2.05, 4.69) is 0 Å². The summed E-state index contributed by atoms with van der Waals surface area (Å²) >= 11 is 0. The molecule has 4 nitrogen and oxygen atoms in total. The van der Waals surface area contributed by atoms with Gasteiger partial charge in [-0.25, -0.2) is 8.78 Å². The van der Waals surface area contributed by atoms with Crippen LogP contribution in [0, 0.1) is 0 Å². The summed E-state index contributed by atoms with van der Waals surface area (Å²) in [6.07, 6.45) is -2.03. The Morgan fingerprint density at radius 1 is 1.21 bits per heavy atom. The quantitative estimate of drug-likeness (QED) is 0.740. The molecule has 0 saturated heterocycles. The van der Waals surface area contributed by atoms with Crippen LogP contribution < -0.4 is 15.2 Å². The molecule has 19 heavy (non-hydrogen) atoms. The van der Waals surface area contributed by atoms with Gasteiger partial charge in [0.1, 0.15) is 18.1 Å². The number of ether oxygens (including phenoxy) is 3. The Bertz CT molecular complexity index is 388. The van der Waals surface area contributed by atoms with Crippen LogP contribution in [0.4, 0.5) is 8.78 Å². The highest BCUT2D eigenvalue weighted by atomic mass is 19.3. The number of nitrogens with two attached hydrogens (primary N) is 1. The Labute approximate surface area is 111 Å². The fourth-order valence-electron chi connectivity index (χ4n) is 1.67. The fourth-order valence-corrected chi connectivity index (χ4v) is 1.67. The van der Waals surface area contributed by atoms with Gasteiger partial charge in [0.2, 0.25) is 0 Å². The van der Waals surface area contributed by atoms with Crippen LogP contribution in [0.3, 0.4) is 0 Å². The number of alkyl halides is 2. The molecule has 1 aromatic rings. The number of rotatable bonds is 8. The van der Waals surface area contributed by atoms with E-state index in [0.717, 1.165) is 5.56 Å². The summed E-state index contributed by atoms with van der Waals surface area (Å²) in [5, 5.41) is 0. The van der Waals surface area contributed by atoms with E-state index in [4.69, 9.17) is 19.9 Å². The van der Waals surface area contributed by atoms with E-state index in [0.29, 0.717) is 17.9 Å². The van der Waals surface area contributed by atoms with Crippen molar-refractivity contribution in [2.24, 2.45) is 5.73 Å². The van der Waals surface area contributed by atoms with Gasteiger partial charge in [-0.1, -0.05) is 0 Å². The van der Waals surface area contributed by atoms with Gasteiger partial charge in [0.05, 0.1) is 14.2 Å². The first-order valence-electron chi connectivity index (χ1n) is 5.92. The summed E-state index contributed by atoms with van der Waals surface area (Å²) in [5.41, 5.74) is 6.78. The summed E-state index contributed by atoms with van der Waals surface area (Å²) in [4.78, 5) is 0. The average Bonchev–Trinajstić information content (AvgIpc) is 2.42. The molecule has 0 saturated carbocycles. The van der Waals surface area contributed by atoms with Crippen LogP contribution in [0.2, 0.25) is 0 Å². The van der Waals surface area contributed by atoms with E-state index in [1.54, 1.807) is 32.4 Å². The van der Waals surface area contributed by atoms with Crippen LogP contribution >= 0.6 is 0 Å². The Balaban J connectivity index is 2.61. The fraction of sp³-hybridized carbons (Fsp3) is 0.538. The second-order valence-corrected chi connectivity index (χ2v) is 3.97. The van der Waals surface area contributed by atoms with Crippen molar-refractivity contribution in [1.82, 2.24) is 0 Å². The first kappa shape index (κ1) is 15.7. The van der Waals surface area contributed by atoms with Gasteiger partial charge in [-0.05, 0) is 24.6 Å². The van der Waals surface area contributed by atoms with Crippen molar-refractivity contribution < 1.29 is 23.0 Å². The lowest BCUT2D eigenvalue weighted by Gasteiger charge is -2.16. The molecule has 2 N–H and O–H groups in total. The molecule has 0 radical (unpaired) electrons. The summed E-state index contributed by atoms with van der Waals surface area (Å²) < 4.78 is 39.0. The summed E-state index contributed by atoms with van der Waals surface area (Å²) in [7, 11) is 3.11. The second-order valence-electron chi connectivity index (χ2n) is 3.97. The van der Waals surface area contributed by atoms with E-state index in [9.17, 15) is 8.78 Å². The monoisotopic (exact) mass is 275 g/mol. The third kappa shape index (κ3) is 5.00. The van der Waals surface area contributed by atoms with Crippen molar-refractivity contribution in [3.63, 3.8) is 0 Å². The molecule has 1 aromatic carbocycles. The van der Waals surface area contributed by atoms with Gasteiger partial charge in [-0.2, -0.15) is 0 Å². The summed E-state index contributed by atoms with van der Waals surface area (Å²) in [5.74, 6) is 1.31. The van der Waals surface area contributed by atoms with Crippen LogP contribution in [-0.2, 0) is 4.74 Å². The molecule has 0 fully saturated rings. The SMILES string of the molecule is COc1ccc(OC)c(C(N)CCOCC(F)F)c1. The minimum absolute atomic E-state index is 0.172. The summed E-state index contributed by atoms with van der Waals surface area (Å²) in [6.45, 7) is -0.395. The zero-order chi connectivity index (χ0) is 14.3. The van der Waals surface area contributed by atoms with Gasteiger partial charge >= 0.3 is 0 Å². The van der Waals surface area contributed by atoms with Crippen LogP contribution in [0.15, 0.2) is 18.2 Å². The molecule has 0 amide bonds. The van der Waals surface area contributed by atoms with Crippen LogP contribution in [0.1, 0.15) is 18.0 Å². The van der Waals surface area contributed by atoms with E-state index in [-0.39, 0.29) is 12.6 Å². The smallest absolute Gasteiger partial charge is 0.261 e. The Kier molecular flexibility index (Phi) is 6.52. The predicted octanol–water partition coefficient (Wildman–Crippen LogP) is 2.38. The molecule has 0 aromatic heterocycles. The molecule has 0 aliphatic carbocycles. The highest BCUT2D eigenvalue weighted by Gasteiger charge is 2.13. The van der Waals surface area contributed by atoms with Crippen LogP contribution in [0.5, 0.6) is 11.5 Å². The molecule has 1 atom stereocenters. The molecule has 0 spiro atoms. The molecule has 1 unspecified atom stereocenters. The molecular weight excluding hydrogens is 256 g/mol. The predicted molar refractivity (Wildman–Crippen MR) is 67.9 cm³/mol. The average molecular weight is 275 g/mol. The maximum atomic E-state index is 11.9. The molecule has 0 aliphatic heterocycles. The van der Waals surface area contributed by atoms with E-state index in [1.165, 1.54) is 0 Å². The number of hydrogen-bond donors (Lipinski definition) is 1. The minimum Gasteiger partial charge on any atom is -0.497 e. The first-order chi connectivity index (χ1) is 9.08. The zero-order valence-corrected chi connectivity index (χ0v) is 11.1. The van der Waals surface area contributed by atoms with Gasteiger partial charge in [0.15, 0.2) is 0 Å². The number of hydrogen-bond acceptors (Lipinski definition) is 4. The van der Waals surface area contributed by atoms with Gasteiger partial charge in [0.25, 0.3) is 6.43 Å². The standard InChI is InChI=1S/C13H19F2NO3/c1-17-9-3-4-12(18-2)10(7-9)11(16)5-6-19-8-13(14)15/h3-4,7,11,13H,5-6,8,16H2,1-2H3. The van der Waals surface area contributed by atoms with E-state index in [1.807, 2.05) is 0 Å². The molecule has 108 valence electrons. The van der Waals surface area contributed by atoms with Crippen molar-refractivity contribution in [3.05, 3.63) is 23.8 Å². The second kappa shape index (κ2) is 7.91. The number of methoxy groups -OCH3 is 2. The highest BCUT2D eigenvalue weighted by molar-refractivity contribution is 5.42. The maximum Gasteiger partial charge on any atom is 0.261 e. The minimum atomic E-state index is -2.46. The third-order valence-electron chi connectivity index (χ3n) is 2.65. The first-order valence-corrected chi connectivity index (χ1v) is 5.92. The van der Waals surface area contributed by atoms with Crippen LogP contribution in [-0.4, -0.2) is 33.9 Å². The summed E-state index contributed by atoms with van der Waals surface area (Å²) in [6, 6.07) is 4.94. The van der Waals surface area contributed by atoms with E-state index >= 15 is 0 Å². The van der Waals surface area contributed by atoms with Gasteiger partial charge in [0, 0.05) is 18.2 Å². The van der Waals surface area contributed by atoms with Crippen molar-refractivity contribution in [3.8, 4) is 11.5 Å². The Morgan fingerprint density at radius 2 is 1.95 bits per heavy atom. The number of benzene rings is 1. The lowest BCUT2D eigenvalue weighted by Crippen LogP contribution is -2.15. The largest absolute Gasteiger partial charge is 0.497 e. The number of halogens is 2. The molecule has 6 heteroatoms.